The maximum absolute atomic E-state index is 11.1. The van der Waals surface area contributed by atoms with Crippen LogP contribution in [0.3, 0.4) is 0 Å². The lowest BCUT2D eigenvalue weighted by atomic mass is 10.2. The van der Waals surface area contributed by atoms with Gasteiger partial charge in [-0.1, -0.05) is 10.4 Å². The first kappa shape index (κ1) is 16.4. The fourth-order valence-corrected chi connectivity index (χ4v) is 0.992. The zero-order valence-corrected chi connectivity index (χ0v) is 12.0. The van der Waals surface area contributed by atoms with Gasteiger partial charge in [0.25, 0.3) is 0 Å². The molecule has 2 rings (SSSR count). The van der Waals surface area contributed by atoms with E-state index in [1.54, 1.807) is 20.8 Å². The summed E-state index contributed by atoms with van der Waals surface area (Å²) in [4.78, 5) is 11.1. The summed E-state index contributed by atoms with van der Waals surface area (Å²) < 4.78 is 5.00. The minimum Gasteiger partial charge on any atom is -0.444 e. The van der Waals surface area contributed by atoms with Crippen LogP contribution >= 0.6 is 0 Å². The second kappa shape index (κ2) is 7.84. The number of rotatable bonds is 3. The van der Waals surface area contributed by atoms with Crippen LogP contribution < -0.4 is 11.1 Å². The second-order valence-electron chi connectivity index (χ2n) is 4.72. The van der Waals surface area contributed by atoms with Crippen molar-refractivity contribution in [3.8, 4) is 0 Å². The molecule has 1 amide bonds. The third-order valence-corrected chi connectivity index (χ3v) is 1.75. The number of H-pyrrole nitrogens is 2. The first-order valence-corrected chi connectivity index (χ1v) is 6.02. The molecule has 12 heteroatoms. The van der Waals surface area contributed by atoms with Gasteiger partial charge in [0, 0.05) is 0 Å². The number of ether oxygens (including phenoxy) is 1. The number of tetrazole rings is 2. The van der Waals surface area contributed by atoms with Gasteiger partial charge in [-0.25, -0.2) is 4.79 Å². The summed E-state index contributed by atoms with van der Waals surface area (Å²) in [5.41, 5.74) is 4.61. The molecule has 2 aromatic rings. The Bertz CT molecular complexity index is 503. The van der Waals surface area contributed by atoms with E-state index < -0.39 is 11.7 Å². The first-order valence-electron chi connectivity index (χ1n) is 6.02. The number of carbonyl (C=O) groups excluding carboxylic acids is 1. The van der Waals surface area contributed by atoms with E-state index in [1.165, 1.54) is 0 Å². The van der Waals surface area contributed by atoms with Crippen LogP contribution in [0, 0.1) is 0 Å². The molecular weight excluding hydrogens is 280 g/mol. The Morgan fingerprint density at radius 1 is 1.19 bits per heavy atom. The Balaban J connectivity index is 0.000000262. The average Bonchev–Trinajstić information content (AvgIpc) is 3.08. The Morgan fingerprint density at radius 2 is 1.76 bits per heavy atom. The standard InChI is InChI=1S/C7H13N5O2.C2H5N5/c1-7(2,3)14-6(13)8-4-5-9-11-12-10-5;3-1-2-4-6-7-5-2/h4H2,1-3H3,(H,8,13)(H,9,10,11,12);1,3H2,(H,4,5,6,7). The lowest BCUT2D eigenvalue weighted by Crippen LogP contribution is -2.32. The van der Waals surface area contributed by atoms with Crippen molar-refractivity contribution >= 4 is 6.09 Å². The van der Waals surface area contributed by atoms with Crippen LogP contribution in [-0.2, 0) is 17.8 Å². The van der Waals surface area contributed by atoms with Gasteiger partial charge in [0.2, 0.25) is 0 Å². The molecule has 0 aliphatic heterocycles. The number of nitrogens with two attached hydrogens (primary N) is 1. The van der Waals surface area contributed by atoms with Gasteiger partial charge in [-0.15, -0.1) is 20.4 Å². The number of hydrogen-bond acceptors (Lipinski definition) is 9. The second-order valence-corrected chi connectivity index (χ2v) is 4.72. The summed E-state index contributed by atoms with van der Waals surface area (Å²) in [5, 5.41) is 28.1. The van der Waals surface area contributed by atoms with Gasteiger partial charge in [0.1, 0.15) is 5.60 Å². The van der Waals surface area contributed by atoms with E-state index in [1.807, 2.05) is 0 Å². The molecule has 2 aromatic heterocycles. The van der Waals surface area contributed by atoms with E-state index in [0.29, 0.717) is 18.2 Å². The molecule has 0 atom stereocenters. The van der Waals surface area contributed by atoms with Gasteiger partial charge < -0.3 is 15.8 Å². The van der Waals surface area contributed by atoms with E-state index >= 15 is 0 Å². The van der Waals surface area contributed by atoms with Crippen molar-refractivity contribution in [2.24, 2.45) is 5.73 Å². The van der Waals surface area contributed by atoms with Crippen molar-refractivity contribution in [2.45, 2.75) is 39.5 Å². The number of carbonyl (C=O) groups is 1. The number of nitrogens with one attached hydrogen (secondary N) is 3. The normalized spacial score (nSPS) is 10.5. The SMILES string of the molecule is CC(C)(C)OC(=O)NCc1nn[nH]n1.NCc1nn[nH]n1. The molecule has 21 heavy (non-hydrogen) atoms. The molecule has 0 bridgehead atoms. The molecule has 0 aliphatic rings. The molecule has 12 nitrogen and oxygen atoms in total. The monoisotopic (exact) mass is 298 g/mol. The lowest BCUT2D eigenvalue weighted by Gasteiger charge is -2.19. The highest BCUT2D eigenvalue weighted by Gasteiger charge is 2.15. The molecule has 2 heterocycles. The molecule has 116 valence electrons. The van der Waals surface area contributed by atoms with Crippen molar-refractivity contribution in [3.63, 3.8) is 0 Å². The van der Waals surface area contributed by atoms with Gasteiger partial charge in [-0.2, -0.15) is 10.4 Å². The number of aromatic amines is 2. The van der Waals surface area contributed by atoms with Gasteiger partial charge in [0.15, 0.2) is 11.6 Å². The maximum Gasteiger partial charge on any atom is 0.408 e. The molecule has 0 spiro atoms. The number of alkyl carbamates (subject to hydrolysis) is 1. The van der Waals surface area contributed by atoms with Gasteiger partial charge in [-0.3, -0.25) is 0 Å². The zero-order chi connectivity index (χ0) is 15.7. The van der Waals surface area contributed by atoms with Crippen LogP contribution in [0.25, 0.3) is 0 Å². The number of nitrogens with zero attached hydrogens (tertiary/aromatic N) is 6. The van der Waals surface area contributed by atoms with Crippen molar-refractivity contribution in [1.29, 1.82) is 0 Å². The Hall–Kier alpha value is -2.63. The lowest BCUT2D eigenvalue weighted by molar-refractivity contribution is 0.0522. The van der Waals surface area contributed by atoms with Crippen LogP contribution in [0.4, 0.5) is 4.79 Å². The molecule has 0 saturated carbocycles. The third-order valence-electron chi connectivity index (χ3n) is 1.75. The van der Waals surface area contributed by atoms with Crippen LogP contribution in [0.5, 0.6) is 0 Å². The summed E-state index contributed by atoms with van der Waals surface area (Å²) in [5.74, 6) is 0.954. The Kier molecular flexibility index (Phi) is 6.13. The summed E-state index contributed by atoms with van der Waals surface area (Å²) in [6, 6.07) is 0. The Morgan fingerprint density at radius 3 is 2.14 bits per heavy atom. The predicted molar refractivity (Wildman–Crippen MR) is 69.3 cm³/mol. The fraction of sp³-hybridized carbons (Fsp3) is 0.667. The first-order chi connectivity index (χ1) is 9.90. The Labute approximate surface area is 120 Å². The summed E-state index contributed by atoms with van der Waals surface area (Å²) in [6.07, 6.45) is -0.498. The van der Waals surface area contributed by atoms with Gasteiger partial charge in [0.05, 0.1) is 13.1 Å². The number of aromatic nitrogens is 8. The molecule has 5 N–H and O–H groups in total. The van der Waals surface area contributed by atoms with Crippen molar-refractivity contribution in [2.75, 3.05) is 0 Å². The minimum atomic E-state index is -0.499. The van der Waals surface area contributed by atoms with Crippen LogP contribution in [0.15, 0.2) is 0 Å². The molecule has 0 aliphatic carbocycles. The number of amides is 1. The van der Waals surface area contributed by atoms with Gasteiger partial charge in [-0.05, 0) is 20.8 Å². The molecule has 0 aromatic carbocycles. The molecule has 0 fully saturated rings. The van der Waals surface area contributed by atoms with Crippen molar-refractivity contribution in [1.82, 2.24) is 46.6 Å². The van der Waals surface area contributed by atoms with Crippen molar-refractivity contribution < 1.29 is 9.53 Å². The summed E-state index contributed by atoms with van der Waals surface area (Å²) in [6.45, 7) is 5.92. The van der Waals surface area contributed by atoms with E-state index in [0.717, 1.165) is 0 Å². The topological polar surface area (TPSA) is 173 Å². The predicted octanol–water partition coefficient (Wildman–Crippen LogP) is -1.12. The van der Waals surface area contributed by atoms with Crippen molar-refractivity contribution in [3.05, 3.63) is 11.6 Å². The highest BCUT2D eigenvalue weighted by Crippen LogP contribution is 2.06. The molecule has 0 saturated heterocycles. The molecule has 0 radical (unpaired) electrons. The highest BCUT2D eigenvalue weighted by molar-refractivity contribution is 5.67. The molecule has 0 unspecified atom stereocenters. The van der Waals surface area contributed by atoms with E-state index in [-0.39, 0.29) is 6.54 Å². The van der Waals surface area contributed by atoms with Crippen LogP contribution in [-0.4, -0.2) is 52.9 Å². The van der Waals surface area contributed by atoms with E-state index in [9.17, 15) is 4.79 Å². The molecular formula is C9H18N10O2. The average molecular weight is 298 g/mol. The third kappa shape index (κ3) is 7.51. The van der Waals surface area contributed by atoms with E-state index in [4.69, 9.17) is 10.5 Å². The van der Waals surface area contributed by atoms with E-state index in [2.05, 4.69) is 46.6 Å². The maximum atomic E-state index is 11.1. The fourth-order valence-electron chi connectivity index (χ4n) is 0.992. The summed E-state index contributed by atoms with van der Waals surface area (Å²) in [7, 11) is 0. The smallest absolute Gasteiger partial charge is 0.408 e. The zero-order valence-electron chi connectivity index (χ0n) is 12.0. The number of hydrogen-bond donors (Lipinski definition) is 4. The minimum absolute atomic E-state index is 0.200. The van der Waals surface area contributed by atoms with Crippen LogP contribution in [0.2, 0.25) is 0 Å². The summed E-state index contributed by atoms with van der Waals surface area (Å²) >= 11 is 0. The quantitative estimate of drug-likeness (QED) is 0.547. The van der Waals surface area contributed by atoms with Gasteiger partial charge >= 0.3 is 6.09 Å². The van der Waals surface area contributed by atoms with Crippen LogP contribution in [0.1, 0.15) is 32.4 Å². The largest absolute Gasteiger partial charge is 0.444 e. The highest BCUT2D eigenvalue weighted by atomic mass is 16.6.